The van der Waals surface area contributed by atoms with Gasteiger partial charge in [0.15, 0.2) is 0 Å². The Morgan fingerprint density at radius 3 is 2.83 bits per heavy atom. The van der Waals surface area contributed by atoms with Crippen LogP contribution in [0.4, 0.5) is 0 Å². The van der Waals surface area contributed by atoms with E-state index in [1.807, 2.05) is 18.2 Å². The molecule has 1 aromatic carbocycles. The summed E-state index contributed by atoms with van der Waals surface area (Å²) in [6, 6.07) is 8.29. The van der Waals surface area contributed by atoms with E-state index in [1.54, 1.807) is 0 Å². The van der Waals surface area contributed by atoms with Crippen molar-refractivity contribution in [2.75, 3.05) is 13.1 Å². The molecule has 0 amide bonds. The van der Waals surface area contributed by atoms with Gasteiger partial charge in [0.1, 0.15) is 0 Å². The third-order valence-corrected chi connectivity index (χ3v) is 3.74. The Labute approximate surface area is 112 Å². The van der Waals surface area contributed by atoms with Crippen LogP contribution >= 0.6 is 11.6 Å². The van der Waals surface area contributed by atoms with E-state index in [2.05, 4.69) is 17.9 Å². The molecule has 98 valence electrons. The molecule has 2 rings (SSSR count). The maximum atomic E-state index is 10.6. The topological polar surface area (TPSA) is 40.5 Å². The van der Waals surface area contributed by atoms with E-state index >= 15 is 0 Å². The lowest BCUT2D eigenvalue weighted by atomic mass is 9.91. The minimum Gasteiger partial charge on any atom is -0.481 e. The maximum Gasteiger partial charge on any atom is 0.303 e. The zero-order chi connectivity index (χ0) is 13.1. The number of rotatable bonds is 5. The number of carboxylic acids is 1. The number of hydrogen-bond donors (Lipinski definition) is 1. The van der Waals surface area contributed by atoms with Gasteiger partial charge in [0.25, 0.3) is 0 Å². The zero-order valence-corrected chi connectivity index (χ0v) is 11.2. The lowest BCUT2D eigenvalue weighted by molar-refractivity contribution is -0.139. The predicted octanol–water partition coefficient (Wildman–Crippen LogP) is 3.20. The summed E-state index contributed by atoms with van der Waals surface area (Å²) in [7, 11) is 0. The first kappa shape index (κ1) is 13.4. The Morgan fingerprint density at radius 2 is 2.28 bits per heavy atom. The van der Waals surface area contributed by atoms with Crippen molar-refractivity contribution in [1.82, 2.24) is 4.90 Å². The lowest BCUT2D eigenvalue weighted by Crippen LogP contribution is -2.49. The molecule has 0 radical (unpaired) electrons. The zero-order valence-electron chi connectivity index (χ0n) is 10.5. The van der Waals surface area contributed by atoms with Crippen molar-refractivity contribution < 1.29 is 9.90 Å². The molecule has 0 bridgehead atoms. The van der Waals surface area contributed by atoms with E-state index in [1.165, 1.54) is 5.56 Å². The van der Waals surface area contributed by atoms with Gasteiger partial charge in [0.05, 0.1) is 6.42 Å². The van der Waals surface area contributed by atoms with Gasteiger partial charge in [-0.3, -0.25) is 9.69 Å². The normalized spacial score (nSPS) is 18.3. The molecule has 1 aromatic rings. The van der Waals surface area contributed by atoms with Crippen molar-refractivity contribution in [2.45, 2.75) is 25.8 Å². The van der Waals surface area contributed by atoms with Gasteiger partial charge in [-0.15, -0.1) is 0 Å². The predicted molar refractivity (Wildman–Crippen MR) is 71.8 cm³/mol. The van der Waals surface area contributed by atoms with Crippen LogP contribution in [0.1, 0.15) is 31.4 Å². The van der Waals surface area contributed by atoms with E-state index in [0.29, 0.717) is 12.0 Å². The Morgan fingerprint density at radius 1 is 1.56 bits per heavy atom. The number of hydrogen-bond acceptors (Lipinski definition) is 2. The Hall–Kier alpha value is -1.06. The van der Waals surface area contributed by atoms with Crippen LogP contribution in [0.3, 0.4) is 0 Å². The summed E-state index contributed by atoms with van der Waals surface area (Å²) in [6.45, 7) is 3.89. The van der Waals surface area contributed by atoms with Crippen molar-refractivity contribution in [1.29, 1.82) is 0 Å². The summed E-state index contributed by atoms with van der Waals surface area (Å²) < 4.78 is 0. The van der Waals surface area contributed by atoms with Gasteiger partial charge >= 0.3 is 5.97 Å². The molecular formula is C14H18ClNO2. The summed E-state index contributed by atoms with van der Waals surface area (Å²) in [4.78, 5) is 13.0. The summed E-state index contributed by atoms with van der Waals surface area (Å²) in [6.07, 6.45) is 1.29. The Balaban J connectivity index is 1.97. The largest absolute Gasteiger partial charge is 0.481 e. The van der Waals surface area contributed by atoms with E-state index < -0.39 is 5.97 Å². The second kappa shape index (κ2) is 5.72. The summed E-state index contributed by atoms with van der Waals surface area (Å²) in [5.74, 6) is -0.397. The van der Waals surface area contributed by atoms with Gasteiger partial charge in [-0.05, 0) is 30.0 Å². The van der Waals surface area contributed by atoms with Crippen LogP contribution in [-0.4, -0.2) is 29.1 Å². The smallest absolute Gasteiger partial charge is 0.303 e. The number of likely N-dealkylation sites (tertiary alicyclic amines) is 1. The van der Waals surface area contributed by atoms with Crippen LogP contribution in [0.2, 0.25) is 5.02 Å². The van der Waals surface area contributed by atoms with Gasteiger partial charge in [-0.2, -0.15) is 0 Å². The van der Waals surface area contributed by atoms with E-state index in [0.717, 1.165) is 24.5 Å². The molecule has 0 saturated carbocycles. The van der Waals surface area contributed by atoms with Crippen molar-refractivity contribution in [3.63, 3.8) is 0 Å². The summed E-state index contributed by atoms with van der Waals surface area (Å²) in [5, 5.41) is 9.51. The average molecular weight is 268 g/mol. The van der Waals surface area contributed by atoms with Crippen LogP contribution in [0.15, 0.2) is 24.3 Å². The van der Waals surface area contributed by atoms with E-state index in [4.69, 9.17) is 16.7 Å². The van der Waals surface area contributed by atoms with Gasteiger partial charge in [-0.25, -0.2) is 0 Å². The number of halogens is 1. The molecule has 1 aliphatic rings. The molecule has 4 heteroatoms. The molecule has 1 N–H and O–H groups in total. The van der Waals surface area contributed by atoms with Gasteiger partial charge < -0.3 is 5.11 Å². The lowest BCUT2D eigenvalue weighted by Gasteiger charge is -2.44. The van der Waals surface area contributed by atoms with Crippen LogP contribution in [0, 0.1) is 5.92 Å². The highest BCUT2D eigenvalue weighted by Gasteiger charge is 2.33. The highest BCUT2D eigenvalue weighted by Crippen LogP contribution is 2.33. The fourth-order valence-electron chi connectivity index (χ4n) is 2.66. The molecule has 1 saturated heterocycles. The number of aliphatic carboxylic acids is 1. The fraction of sp³-hybridized carbons (Fsp3) is 0.500. The number of carboxylic acid groups (broad SMARTS) is 1. The molecule has 0 spiro atoms. The SMILES string of the molecule is CCC(c1cccc(Cl)c1)N1CC(CC(=O)O)C1. The second-order valence-electron chi connectivity index (χ2n) is 4.90. The van der Waals surface area contributed by atoms with Crippen molar-refractivity contribution in [3.8, 4) is 0 Å². The molecule has 1 atom stereocenters. The highest BCUT2D eigenvalue weighted by atomic mass is 35.5. The quantitative estimate of drug-likeness (QED) is 0.891. The number of nitrogens with zero attached hydrogens (tertiary/aromatic N) is 1. The molecule has 1 unspecified atom stereocenters. The molecule has 0 aliphatic carbocycles. The molecule has 0 aromatic heterocycles. The number of benzene rings is 1. The molecule has 18 heavy (non-hydrogen) atoms. The third kappa shape index (κ3) is 3.03. The first-order chi connectivity index (χ1) is 8.60. The molecule has 1 heterocycles. The van der Waals surface area contributed by atoms with Crippen molar-refractivity contribution in [2.24, 2.45) is 5.92 Å². The standard InChI is InChI=1S/C14H18ClNO2/c1-2-13(11-4-3-5-12(15)7-11)16-8-10(9-16)6-14(17)18/h3-5,7,10,13H,2,6,8-9H2,1H3,(H,17,18). The van der Waals surface area contributed by atoms with E-state index in [9.17, 15) is 4.79 Å². The third-order valence-electron chi connectivity index (χ3n) is 3.51. The van der Waals surface area contributed by atoms with Crippen LogP contribution < -0.4 is 0 Å². The summed E-state index contributed by atoms with van der Waals surface area (Å²) >= 11 is 6.01. The Bertz CT molecular complexity index is 430. The van der Waals surface area contributed by atoms with Crippen molar-refractivity contribution >= 4 is 17.6 Å². The van der Waals surface area contributed by atoms with Crippen molar-refractivity contribution in [3.05, 3.63) is 34.9 Å². The first-order valence-corrected chi connectivity index (χ1v) is 6.69. The number of carbonyl (C=O) groups is 1. The maximum absolute atomic E-state index is 10.6. The minimum atomic E-state index is -0.699. The van der Waals surface area contributed by atoms with Gasteiger partial charge in [0.2, 0.25) is 0 Å². The molecule has 1 aliphatic heterocycles. The van der Waals surface area contributed by atoms with Crippen LogP contribution in [-0.2, 0) is 4.79 Å². The highest BCUT2D eigenvalue weighted by molar-refractivity contribution is 6.30. The fourth-order valence-corrected chi connectivity index (χ4v) is 2.86. The first-order valence-electron chi connectivity index (χ1n) is 6.31. The Kier molecular flexibility index (Phi) is 4.25. The summed E-state index contributed by atoms with van der Waals surface area (Å²) in [5.41, 5.74) is 1.22. The van der Waals surface area contributed by atoms with Gasteiger partial charge in [-0.1, -0.05) is 30.7 Å². The van der Waals surface area contributed by atoms with E-state index in [-0.39, 0.29) is 6.42 Å². The van der Waals surface area contributed by atoms with Crippen LogP contribution in [0.5, 0.6) is 0 Å². The molecular weight excluding hydrogens is 250 g/mol. The molecule has 3 nitrogen and oxygen atoms in total. The van der Waals surface area contributed by atoms with Crippen LogP contribution in [0.25, 0.3) is 0 Å². The molecule has 1 fully saturated rings. The minimum absolute atomic E-state index is 0.280. The average Bonchev–Trinajstić information content (AvgIpc) is 2.26. The monoisotopic (exact) mass is 267 g/mol. The van der Waals surface area contributed by atoms with Gasteiger partial charge in [0, 0.05) is 24.2 Å². The second-order valence-corrected chi connectivity index (χ2v) is 5.33.